The molecule has 0 saturated carbocycles. The van der Waals surface area contributed by atoms with Crippen LogP contribution in [0.4, 0.5) is 10.2 Å². The Morgan fingerprint density at radius 3 is 2.81 bits per heavy atom. The lowest BCUT2D eigenvalue weighted by molar-refractivity contribution is 0.438. The molecule has 2 heterocycles. The van der Waals surface area contributed by atoms with Gasteiger partial charge in [0.05, 0.1) is 11.2 Å². The van der Waals surface area contributed by atoms with E-state index in [2.05, 4.69) is 20.3 Å². The zero-order chi connectivity index (χ0) is 17.8. The average Bonchev–Trinajstić information content (AvgIpc) is 3.11. The van der Waals surface area contributed by atoms with E-state index in [1.54, 1.807) is 24.5 Å². The van der Waals surface area contributed by atoms with Crippen LogP contribution < -0.4 is 10.1 Å². The molecule has 0 unspecified atom stereocenters. The minimum Gasteiger partial charge on any atom is -0.428 e. The van der Waals surface area contributed by atoms with Crippen LogP contribution in [0.5, 0.6) is 10.9 Å². The summed E-state index contributed by atoms with van der Waals surface area (Å²) in [6.07, 6.45) is 2.25. The second-order valence-electron chi connectivity index (χ2n) is 5.55. The molecular weight excluding hydrogens is 351 g/mol. The van der Waals surface area contributed by atoms with Crippen molar-refractivity contribution in [3.8, 4) is 10.9 Å². The fourth-order valence-electron chi connectivity index (χ4n) is 2.53. The maximum absolute atomic E-state index is 13.6. The van der Waals surface area contributed by atoms with Crippen LogP contribution >= 0.6 is 11.3 Å². The summed E-state index contributed by atoms with van der Waals surface area (Å²) in [4.78, 5) is 12.9. The molecule has 26 heavy (non-hydrogen) atoms. The average molecular weight is 366 g/mol. The van der Waals surface area contributed by atoms with E-state index in [0.717, 1.165) is 22.4 Å². The second-order valence-corrected chi connectivity index (χ2v) is 6.37. The van der Waals surface area contributed by atoms with E-state index in [0.29, 0.717) is 18.2 Å². The molecular formula is C19H15FN4OS. The van der Waals surface area contributed by atoms with Gasteiger partial charge in [0, 0.05) is 23.7 Å². The van der Waals surface area contributed by atoms with Crippen molar-refractivity contribution in [2.75, 3.05) is 11.9 Å². The number of nitrogens with zero attached hydrogens (tertiary/aromatic N) is 3. The van der Waals surface area contributed by atoms with Crippen molar-refractivity contribution >= 4 is 28.1 Å². The third-order valence-electron chi connectivity index (χ3n) is 3.78. The lowest BCUT2D eigenvalue weighted by Crippen LogP contribution is -2.07. The summed E-state index contributed by atoms with van der Waals surface area (Å²) >= 11 is 1.35. The second kappa shape index (κ2) is 7.45. The smallest absolute Gasteiger partial charge is 0.279 e. The van der Waals surface area contributed by atoms with Crippen LogP contribution in [0.25, 0.3) is 10.9 Å². The Kier molecular flexibility index (Phi) is 4.70. The van der Waals surface area contributed by atoms with Crippen molar-refractivity contribution in [3.63, 3.8) is 0 Å². The van der Waals surface area contributed by atoms with Crippen LogP contribution in [0.15, 0.2) is 60.2 Å². The van der Waals surface area contributed by atoms with Gasteiger partial charge in [0.25, 0.3) is 5.19 Å². The number of benzene rings is 2. The molecule has 2 aromatic heterocycles. The number of ether oxygens (including phenoxy) is 1. The van der Waals surface area contributed by atoms with Gasteiger partial charge in [0.2, 0.25) is 0 Å². The molecule has 2 aromatic carbocycles. The first-order valence-electron chi connectivity index (χ1n) is 8.10. The fraction of sp³-hybridized carbons (Fsp3) is 0.105. The van der Waals surface area contributed by atoms with Gasteiger partial charge in [-0.25, -0.2) is 19.3 Å². The molecule has 0 aliphatic heterocycles. The van der Waals surface area contributed by atoms with Gasteiger partial charge in [-0.2, -0.15) is 0 Å². The SMILES string of the molecule is Fc1ccccc1Oc1nc(CCNc2ncnc3ccccc23)cs1. The van der Waals surface area contributed by atoms with Crippen molar-refractivity contribution in [1.82, 2.24) is 15.0 Å². The first-order valence-corrected chi connectivity index (χ1v) is 8.98. The van der Waals surface area contributed by atoms with E-state index in [4.69, 9.17) is 4.74 Å². The van der Waals surface area contributed by atoms with Crippen LogP contribution in [0.3, 0.4) is 0 Å². The number of hydrogen-bond acceptors (Lipinski definition) is 6. The Bertz CT molecular complexity index is 1030. The van der Waals surface area contributed by atoms with Gasteiger partial charge in [-0.1, -0.05) is 35.6 Å². The zero-order valence-electron chi connectivity index (χ0n) is 13.7. The van der Waals surface area contributed by atoms with Crippen LogP contribution in [-0.2, 0) is 6.42 Å². The highest BCUT2D eigenvalue weighted by atomic mass is 32.1. The Morgan fingerprint density at radius 2 is 1.88 bits per heavy atom. The molecule has 0 saturated heterocycles. The van der Waals surface area contributed by atoms with Crippen molar-refractivity contribution in [2.24, 2.45) is 0 Å². The number of thiazole rings is 1. The molecule has 0 amide bonds. The lowest BCUT2D eigenvalue weighted by atomic mass is 10.2. The van der Waals surface area contributed by atoms with Crippen LogP contribution in [0.2, 0.25) is 0 Å². The lowest BCUT2D eigenvalue weighted by Gasteiger charge is -2.07. The van der Waals surface area contributed by atoms with E-state index >= 15 is 0 Å². The van der Waals surface area contributed by atoms with Crippen LogP contribution in [0.1, 0.15) is 5.69 Å². The molecule has 0 fully saturated rings. The first kappa shape index (κ1) is 16.4. The third kappa shape index (κ3) is 3.62. The third-order valence-corrected chi connectivity index (χ3v) is 4.55. The number of fused-ring (bicyclic) bond motifs is 1. The number of nitrogens with one attached hydrogen (secondary N) is 1. The Labute approximate surface area is 153 Å². The molecule has 0 bridgehead atoms. The van der Waals surface area contributed by atoms with E-state index in [1.807, 2.05) is 29.6 Å². The number of anilines is 1. The Morgan fingerprint density at radius 1 is 1.04 bits per heavy atom. The van der Waals surface area contributed by atoms with Crippen molar-refractivity contribution in [2.45, 2.75) is 6.42 Å². The number of rotatable bonds is 6. The number of hydrogen-bond donors (Lipinski definition) is 1. The molecule has 4 aromatic rings. The molecule has 5 nitrogen and oxygen atoms in total. The van der Waals surface area contributed by atoms with E-state index < -0.39 is 5.82 Å². The minimum absolute atomic E-state index is 0.180. The van der Waals surface area contributed by atoms with Crippen molar-refractivity contribution < 1.29 is 9.13 Å². The highest BCUT2D eigenvalue weighted by Gasteiger charge is 2.08. The number of aromatic nitrogens is 3. The van der Waals surface area contributed by atoms with Gasteiger partial charge < -0.3 is 10.1 Å². The standard InChI is InChI=1S/C19H15FN4OS/c20-15-6-2-4-8-17(15)25-19-24-13(11-26-19)9-10-21-18-14-5-1-3-7-16(14)22-12-23-18/h1-8,11-12H,9-10H2,(H,21,22,23). The summed E-state index contributed by atoms with van der Waals surface area (Å²) in [7, 11) is 0. The van der Waals surface area contributed by atoms with Crippen molar-refractivity contribution in [3.05, 3.63) is 71.7 Å². The summed E-state index contributed by atoms with van der Waals surface area (Å²) in [6, 6.07) is 14.1. The number of para-hydroxylation sites is 2. The maximum Gasteiger partial charge on any atom is 0.279 e. The summed E-state index contributed by atoms with van der Waals surface area (Å²) in [6.45, 7) is 0.671. The van der Waals surface area contributed by atoms with E-state index in [1.165, 1.54) is 17.4 Å². The highest BCUT2D eigenvalue weighted by molar-refractivity contribution is 7.11. The predicted octanol–water partition coefficient (Wildman–Crippen LogP) is 4.67. The molecule has 7 heteroatoms. The zero-order valence-corrected chi connectivity index (χ0v) is 14.5. The van der Waals surface area contributed by atoms with Crippen LogP contribution in [0, 0.1) is 5.82 Å². The molecule has 0 spiro atoms. The monoisotopic (exact) mass is 366 g/mol. The summed E-state index contributed by atoms with van der Waals surface area (Å²) < 4.78 is 19.1. The van der Waals surface area contributed by atoms with E-state index in [-0.39, 0.29) is 5.75 Å². The molecule has 0 atom stereocenters. The van der Waals surface area contributed by atoms with Gasteiger partial charge in [-0.05, 0) is 24.3 Å². The molecule has 4 rings (SSSR count). The largest absolute Gasteiger partial charge is 0.428 e. The van der Waals surface area contributed by atoms with Gasteiger partial charge in [0.15, 0.2) is 11.6 Å². The van der Waals surface area contributed by atoms with Gasteiger partial charge >= 0.3 is 0 Å². The summed E-state index contributed by atoms with van der Waals surface area (Å²) in [5, 5.41) is 6.64. The molecule has 0 radical (unpaired) electrons. The first-order chi connectivity index (χ1) is 12.8. The minimum atomic E-state index is -0.401. The normalized spacial score (nSPS) is 10.8. The Balaban J connectivity index is 1.38. The van der Waals surface area contributed by atoms with Crippen LogP contribution in [-0.4, -0.2) is 21.5 Å². The fourth-order valence-corrected chi connectivity index (χ4v) is 3.24. The number of halogens is 1. The molecule has 0 aliphatic carbocycles. The topological polar surface area (TPSA) is 59.9 Å². The van der Waals surface area contributed by atoms with E-state index in [9.17, 15) is 4.39 Å². The Hall–Kier alpha value is -3.06. The quantitative estimate of drug-likeness (QED) is 0.537. The predicted molar refractivity (Wildman–Crippen MR) is 100 cm³/mol. The van der Waals surface area contributed by atoms with Gasteiger partial charge in [-0.15, -0.1) is 0 Å². The van der Waals surface area contributed by atoms with Gasteiger partial charge in [-0.3, -0.25) is 0 Å². The van der Waals surface area contributed by atoms with Crippen molar-refractivity contribution in [1.29, 1.82) is 0 Å². The molecule has 1 N–H and O–H groups in total. The maximum atomic E-state index is 13.6. The summed E-state index contributed by atoms with van der Waals surface area (Å²) in [5.74, 6) is 0.578. The molecule has 130 valence electrons. The molecule has 0 aliphatic rings. The van der Waals surface area contributed by atoms with Gasteiger partial charge in [0.1, 0.15) is 12.1 Å². The summed E-state index contributed by atoms with van der Waals surface area (Å²) in [5.41, 5.74) is 1.78. The highest BCUT2D eigenvalue weighted by Crippen LogP contribution is 2.27.